The van der Waals surface area contributed by atoms with E-state index in [9.17, 15) is 18.0 Å². The van der Waals surface area contributed by atoms with Gasteiger partial charge < -0.3 is 10.1 Å². The summed E-state index contributed by atoms with van der Waals surface area (Å²) in [4.78, 5) is 26.5. The lowest BCUT2D eigenvalue weighted by Gasteiger charge is -2.34. The molecule has 1 amide bonds. The molecule has 2 aliphatic rings. The van der Waals surface area contributed by atoms with E-state index in [1.54, 1.807) is 12.1 Å². The zero-order valence-electron chi connectivity index (χ0n) is 17.0. The average molecular weight is 424 g/mol. The van der Waals surface area contributed by atoms with Crippen LogP contribution < -0.4 is 5.32 Å². The Labute approximate surface area is 172 Å². The Morgan fingerprint density at radius 3 is 2.21 bits per heavy atom. The molecule has 8 nitrogen and oxygen atoms in total. The minimum atomic E-state index is -3.46. The first kappa shape index (κ1) is 21.7. The summed E-state index contributed by atoms with van der Waals surface area (Å²) < 4.78 is 31.5. The van der Waals surface area contributed by atoms with Crippen LogP contribution in [0.2, 0.25) is 0 Å². The fraction of sp³-hybridized carbons (Fsp3) is 0.600. The van der Waals surface area contributed by atoms with Crippen LogP contribution in [0.1, 0.15) is 32.6 Å². The highest BCUT2D eigenvalue weighted by atomic mass is 32.2. The molecule has 1 N–H and O–H groups in total. The molecular weight excluding hydrogens is 394 g/mol. The van der Waals surface area contributed by atoms with E-state index < -0.39 is 10.0 Å². The van der Waals surface area contributed by atoms with Gasteiger partial charge in [-0.1, -0.05) is 0 Å². The van der Waals surface area contributed by atoms with Crippen molar-refractivity contribution in [3.8, 4) is 0 Å². The Bertz CT molecular complexity index is 826. The summed E-state index contributed by atoms with van der Waals surface area (Å²) in [5.74, 6) is -0.445. The molecule has 0 spiro atoms. The monoisotopic (exact) mass is 423 g/mol. The van der Waals surface area contributed by atoms with Crippen LogP contribution in [0.25, 0.3) is 0 Å². The number of nitrogens with one attached hydrogen (secondary N) is 1. The SMILES string of the molecule is COC(=O)C1CCN([C@@H](C)C(=O)Nc2ccc(S(=O)(=O)N3CCCC3)cc2)CC1. The van der Waals surface area contributed by atoms with Crippen LogP contribution in [0.4, 0.5) is 5.69 Å². The first-order chi connectivity index (χ1) is 13.8. The van der Waals surface area contributed by atoms with Crippen molar-refractivity contribution in [1.29, 1.82) is 0 Å². The molecule has 2 aliphatic heterocycles. The molecule has 0 bridgehead atoms. The van der Waals surface area contributed by atoms with Gasteiger partial charge in [-0.25, -0.2) is 8.42 Å². The van der Waals surface area contributed by atoms with Gasteiger partial charge in [0.25, 0.3) is 0 Å². The van der Waals surface area contributed by atoms with Crippen molar-refractivity contribution in [2.45, 2.75) is 43.5 Å². The second kappa shape index (κ2) is 9.23. The first-order valence-corrected chi connectivity index (χ1v) is 11.5. The second-order valence-corrected chi connectivity index (χ2v) is 9.57. The molecule has 29 heavy (non-hydrogen) atoms. The number of piperidine rings is 1. The Morgan fingerprint density at radius 2 is 1.66 bits per heavy atom. The number of anilines is 1. The van der Waals surface area contributed by atoms with Crippen LogP contribution in [0.5, 0.6) is 0 Å². The van der Waals surface area contributed by atoms with E-state index >= 15 is 0 Å². The molecule has 0 unspecified atom stereocenters. The van der Waals surface area contributed by atoms with E-state index in [1.165, 1.54) is 23.5 Å². The molecule has 2 fully saturated rings. The third-order valence-electron chi connectivity index (χ3n) is 5.82. The normalized spacial score (nSPS) is 20.3. The van der Waals surface area contributed by atoms with Crippen LogP contribution in [0.15, 0.2) is 29.2 Å². The van der Waals surface area contributed by atoms with Crippen molar-refractivity contribution in [2.24, 2.45) is 5.92 Å². The molecule has 0 aromatic heterocycles. The fourth-order valence-corrected chi connectivity index (χ4v) is 5.41. The van der Waals surface area contributed by atoms with E-state index in [-0.39, 0.29) is 28.7 Å². The number of ether oxygens (including phenoxy) is 1. The summed E-state index contributed by atoms with van der Waals surface area (Å²) >= 11 is 0. The zero-order valence-corrected chi connectivity index (χ0v) is 17.8. The molecule has 2 saturated heterocycles. The molecule has 0 aliphatic carbocycles. The lowest BCUT2D eigenvalue weighted by atomic mass is 9.96. The number of methoxy groups -OCH3 is 1. The summed E-state index contributed by atoms with van der Waals surface area (Å²) in [6.45, 7) is 4.26. The van der Waals surface area contributed by atoms with Gasteiger partial charge in [-0.05, 0) is 70.0 Å². The first-order valence-electron chi connectivity index (χ1n) is 10.1. The number of sulfonamides is 1. The molecule has 2 heterocycles. The Morgan fingerprint density at radius 1 is 1.07 bits per heavy atom. The summed E-state index contributed by atoms with van der Waals surface area (Å²) in [6.07, 6.45) is 3.13. The molecule has 9 heteroatoms. The summed E-state index contributed by atoms with van der Waals surface area (Å²) in [5.41, 5.74) is 0.562. The third-order valence-corrected chi connectivity index (χ3v) is 7.73. The predicted octanol–water partition coefficient (Wildman–Crippen LogP) is 1.68. The Balaban J connectivity index is 1.56. The van der Waals surface area contributed by atoms with Gasteiger partial charge in [-0.2, -0.15) is 4.31 Å². The molecule has 1 aromatic carbocycles. The van der Waals surface area contributed by atoms with E-state index in [2.05, 4.69) is 5.32 Å². The number of amides is 1. The number of benzene rings is 1. The van der Waals surface area contributed by atoms with Gasteiger partial charge in [0.1, 0.15) is 0 Å². The van der Waals surface area contributed by atoms with Gasteiger partial charge in [0, 0.05) is 18.8 Å². The maximum absolute atomic E-state index is 12.6. The molecule has 1 atom stereocenters. The van der Waals surface area contributed by atoms with E-state index in [0.717, 1.165) is 12.8 Å². The number of likely N-dealkylation sites (tertiary alicyclic amines) is 1. The van der Waals surface area contributed by atoms with Gasteiger partial charge in [-0.3, -0.25) is 14.5 Å². The minimum Gasteiger partial charge on any atom is -0.469 e. The molecule has 1 aromatic rings. The van der Waals surface area contributed by atoms with Crippen molar-refractivity contribution in [1.82, 2.24) is 9.21 Å². The van der Waals surface area contributed by atoms with E-state index in [1.807, 2.05) is 11.8 Å². The van der Waals surface area contributed by atoms with Gasteiger partial charge >= 0.3 is 5.97 Å². The molecule has 160 valence electrons. The van der Waals surface area contributed by atoms with Crippen molar-refractivity contribution in [3.63, 3.8) is 0 Å². The highest BCUT2D eigenvalue weighted by molar-refractivity contribution is 7.89. The van der Waals surface area contributed by atoms with Crippen molar-refractivity contribution >= 4 is 27.6 Å². The fourth-order valence-electron chi connectivity index (χ4n) is 3.89. The lowest BCUT2D eigenvalue weighted by Crippen LogP contribution is -2.47. The lowest BCUT2D eigenvalue weighted by molar-refractivity contribution is -0.147. The van der Waals surface area contributed by atoms with Gasteiger partial charge in [0.05, 0.1) is 24.0 Å². The quantitative estimate of drug-likeness (QED) is 0.700. The predicted molar refractivity (Wildman–Crippen MR) is 109 cm³/mol. The topological polar surface area (TPSA) is 96.0 Å². The third kappa shape index (κ3) is 4.96. The highest BCUT2D eigenvalue weighted by Crippen LogP contribution is 2.23. The van der Waals surface area contributed by atoms with Crippen LogP contribution in [0, 0.1) is 5.92 Å². The van der Waals surface area contributed by atoms with Gasteiger partial charge in [0.15, 0.2) is 0 Å². The molecule has 3 rings (SSSR count). The molecule has 0 saturated carbocycles. The van der Waals surface area contributed by atoms with Gasteiger partial charge in [0.2, 0.25) is 15.9 Å². The summed E-state index contributed by atoms with van der Waals surface area (Å²) in [5, 5.41) is 2.85. The van der Waals surface area contributed by atoms with Gasteiger partial charge in [-0.15, -0.1) is 0 Å². The van der Waals surface area contributed by atoms with E-state index in [4.69, 9.17) is 4.74 Å². The molecule has 0 radical (unpaired) electrons. The number of esters is 1. The maximum atomic E-state index is 12.6. The van der Waals surface area contributed by atoms with Crippen LogP contribution in [0.3, 0.4) is 0 Å². The number of hydrogen-bond acceptors (Lipinski definition) is 6. The standard InChI is InChI=1S/C20H29N3O5S/c1-15(22-13-9-16(10-14-22)20(25)28-2)19(24)21-17-5-7-18(8-6-17)29(26,27)23-11-3-4-12-23/h5-8,15-16H,3-4,9-14H2,1-2H3,(H,21,24)/t15-/m0/s1. The zero-order chi connectivity index (χ0) is 21.0. The molecular formula is C20H29N3O5S. The number of carbonyl (C=O) groups is 2. The van der Waals surface area contributed by atoms with Crippen molar-refractivity contribution in [3.05, 3.63) is 24.3 Å². The minimum absolute atomic E-state index is 0.100. The highest BCUT2D eigenvalue weighted by Gasteiger charge is 2.30. The smallest absolute Gasteiger partial charge is 0.308 e. The van der Waals surface area contributed by atoms with Crippen LogP contribution in [-0.4, -0.2) is 68.8 Å². The van der Waals surface area contributed by atoms with E-state index in [0.29, 0.717) is 44.7 Å². The van der Waals surface area contributed by atoms with Crippen molar-refractivity contribution < 1.29 is 22.7 Å². The average Bonchev–Trinajstić information content (AvgIpc) is 3.29. The maximum Gasteiger partial charge on any atom is 0.308 e. The van der Waals surface area contributed by atoms with Crippen LogP contribution in [-0.2, 0) is 24.3 Å². The van der Waals surface area contributed by atoms with Crippen LogP contribution >= 0.6 is 0 Å². The number of rotatable bonds is 6. The summed E-state index contributed by atoms with van der Waals surface area (Å²) in [6, 6.07) is 5.97. The number of nitrogens with zero attached hydrogens (tertiary/aromatic N) is 2. The second-order valence-electron chi connectivity index (χ2n) is 7.63. The number of hydrogen-bond donors (Lipinski definition) is 1. The Kier molecular flexibility index (Phi) is 6.92. The Hall–Kier alpha value is -1.97. The number of carbonyl (C=O) groups excluding carboxylic acids is 2. The largest absolute Gasteiger partial charge is 0.469 e. The van der Waals surface area contributed by atoms with Crippen molar-refractivity contribution in [2.75, 3.05) is 38.6 Å². The summed E-state index contributed by atoms with van der Waals surface area (Å²) in [7, 11) is -2.06.